The Morgan fingerprint density at radius 2 is 1.83 bits per heavy atom. The van der Waals surface area contributed by atoms with Crippen LogP contribution < -0.4 is 0 Å². The molecule has 2 aromatic rings. The Morgan fingerprint density at radius 1 is 1.13 bits per heavy atom. The van der Waals surface area contributed by atoms with Gasteiger partial charge in [-0.15, -0.1) is 11.8 Å². The van der Waals surface area contributed by atoms with Crippen LogP contribution in [-0.4, -0.2) is 48.6 Å². The van der Waals surface area contributed by atoms with Crippen molar-refractivity contribution in [2.45, 2.75) is 36.1 Å². The van der Waals surface area contributed by atoms with E-state index in [1.165, 1.54) is 11.8 Å². The molecule has 30 heavy (non-hydrogen) atoms. The van der Waals surface area contributed by atoms with Crippen molar-refractivity contribution in [3.05, 3.63) is 82.2 Å². The molecule has 6 atom stereocenters. The molecule has 2 heterocycles. The number of carbonyl (C=O) groups is 1. The maximum absolute atomic E-state index is 12.8. The standard InChI is InChI=1S/C21H21N3O5S/c1-30-21-16(23-24-22)18(28-19(25)13-8-4-2-5-9-13)17-15(27-21)12-26-20(29-17)14-10-6-3-7-11-14/h2-11,15-18,20-21H,12H2,1H3/t15?,16?,17-,18+,20?,21+/m1/s1. The molecule has 2 saturated heterocycles. The van der Waals surface area contributed by atoms with Crippen molar-refractivity contribution < 1.29 is 23.7 Å². The van der Waals surface area contributed by atoms with E-state index in [-0.39, 0.29) is 6.61 Å². The number of fused-ring (bicyclic) bond motifs is 1. The minimum atomic E-state index is -0.820. The third-order valence-corrected chi connectivity index (χ3v) is 5.90. The highest BCUT2D eigenvalue weighted by molar-refractivity contribution is 7.99. The number of ether oxygens (including phenoxy) is 4. The Bertz CT molecular complexity index is 909. The van der Waals surface area contributed by atoms with Crippen LogP contribution in [0.2, 0.25) is 0 Å². The normalized spacial score (nSPS) is 30.6. The van der Waals surface area contributed by atoms with Crippen molar-refractivity contribution in [1.82, 2.24) is 0 Å². The van der Waals surface area contributed by atoms with Crippen LogP contribution >= 0.6 is 11.8 Å². The first-order valence-electron chi connectivity index (χ1n) is 9.51. The van der Waals surface area contributed by atoms with Gasteiger partial charge >= 0.3 is 5.97 Å². The zero-order valence-electron chi connectivity index (χ0n) is 16.2. The molecule has 0 N–H and O–H groups in total. The van der Waals surface area contributed by atoms with Crippen molar-refractivity contribution >= 4 is 17.7 Å². The Hall–Kier alpha value is -2.55. The van der Waals surface area contributed by atoms with Gasteiger partial charge in [-0.3, -0.25) is 0 Å². The zero-order chi connectivity index (χ0) is 20.9. The zero-order valence-corrected chi connectivity index (χ0v) is 17.1. The van der Waals surface area contributed by atoms with E-state index in [1.54, 1.807) is 24.3 Å². The first kappa shape index (κ1) is 20.7. The fourth-order valence-corrected chi connectivity index (χ4v) is 4.36. The van der Waals surface area contributed by atoms with Crippen LogP contribution in [0.4, 0.5) is 0 Å². The molecule has 2 aliphatic heterocycles. The highest BCUT2D eigenvalue weighted by Gasteiger charge is 2.51. The predicted octanol–water partition coefficient (Wildman–Crippen LogP) is 4.09. The number of carbonyl (C=O) groups excluding carboxylic acids is 1. The van der Waals surface area contributed by atoms with Gasteiger partial charge in [0.2, 0.25) is 0 Å². The van der Waals surface area contributed by atoms with E-state index in [0.29, 0.717) is 5.56 Å². The van der Waals surface area contributed by atoms with E-state index in [0.717, 1.165) is 5.56 Å². The average Bonchev–Trinajstić information content (AvgIpc) is 2.81. The summed E-state index contributed by atoms with van der Waals surface area (Å²) in [5.41, 5.74) is 9.88. The van der Waals surface area contributed by atoms with Gasteiger partial charge in [0.25, 0.3) is 0 Å². The third-order valence-electron chi connectivity index (χ3n) is 5.05. The van der Waals surface area contributed by atoms with Gasteiger partial charge in [-0.25, -0.2) is 4.79 Å². The molecule has 0 radical (unpaired) electrons. The minimum absolute atomic E-state index is 0.268. The number of azide groups is 1. The van der Waals surface area contributed by atoms with Crippen LogP contribution in [0.3, 0.4) is 0 Å². The topological polar surface area (TPSA) is 103 Å². The number of esters is 1. The summed E-state index contributed by atoms with van der Waals surface area (Å²) < 4.78 is 24.0. The molecule has 2 fully saturated rings. The fourth-order valence-electron chi connectivity index (χ4n) is 3.62. The van der Waals surface area contributed by atoms with E-state index in [2.05, 4.69) is 10.0 Å². The highest BCUT2D eigenvalue weighted by atomic mass is 32.2. The number of hydrogen-bond donors (Lipinski definition) is 0. The van der Waals surface area contributed by atoms with E-state index < -0.39 is 42.0 Å². The lowest BCUT2D eigenvalue weighted by Gasteiger charge is -2.47. The van der Waals surface area contributed by atoms with Gasteiger partial charge in [0, 0.05) is 10.5 Å². The molecular weight excluding hydrogens is 406 g/mol. The summed E-state index contributed by atoms with van der Waals surface area (Å²) in [4.78, 5) is 15.7. The number of thioether (sulfide) groups is 1. The van der Waals surface area contributed by atoms with E-state index in [1.807, 2.05) is 42.7 Å². The minimum Gasteiger partial charge on any atom is -0.455 e. The molecule has 0 aromatic heterocycles. The van der Waals surface area contributed by atoms with Gasteiger partial charge in [0.15, 0.2) is 6.29 Å². The second-order valence-electron chi connectivity index (χ2n) is 6.89. The van der Waals surface area contributed by atoms with Crippen LogP contribution in [0.5, 0.6) is 0 Å². The van der Waals surface area contributed by atoms with Crippen LogP contribution in [0.25, 0.3) is 10.4 Å². The summed E-state index contributed by atoms with van der Waals surface area (Å²) in [6, 6.07) is 17.4. The predicted molar refractivity (Wildman–Crippen MR) is 111 cm³/mol. The number of hydrogen-bond acceptors (Lipinski definition) is 7. The summed E-state index contributed by atoms with van der Waals surface area (Å²) >= 11 is 1.38. The second-order valence-corrected chi connectivity index (χ2v) is 7.82. The summed E-state index contributed by atoms with van der Waals surface area (Å²) in [5.74, 6) is -0.509. The Labute approximate surface area is 178 Å². The summed E-state index contributed by atoms with van der Waals surface area (Å²) in [6.07, 6.45) is -0.707. The van der Waals surface area contributed by atoms with Gasteiger partial charge in [0.05, 0.1) is 12.2 Å². The largest absolute Gasteiger partial charge is 0.455 e. The highest BCUT2D eigenvalue weighted by Crippen LogP contribution is 2.38. The average molecular weight is 427 g/mol. The van der Waals surface area contributed by atoms with Crippen LogP contribution in [0, 0.1) is 0 Å². The van der Waals surface area contributed by atoms with Crippen LogP contribution in [-0.2, 0) is 18.9 Å². The van der Waals surface area contributed by atoms with Gasteiger partial charge in [-0.1, -0.05) is 53.6 Å². The fraction of sp³-hybridized carbons (Fsp3) is 0.381. The molecule has 156 valence electrons. The Kier molecular flexibility index (Phi) is 6.56. The van der Waals surface area contributed by atoms with Crippen molar-refractivity contribution in [2.24, 2.45) is 5.11 Å². The van der Waals surface area contributed by atoms with Crippen molar-refractivity contribution in [1.29, 1.82) is 0 Å². The van der Waals surface area contributed by atoms with Gasteiger partial charge in [-0.2, -0.15) is 0 Å². The lowest BCUT2D eigenvalue weighted by molar-refractivity contribution is -0.304. The molecule has 0 aliphatic carbocycles. The summed E-state index contributed by atoms with van der Waals surface area (Å²) in [6.45, 7) is 0.268. The Morgan fingerprint density at radius 3 is 2.50 bits per heavy atom. The van der Waals surface area contributed by atoms with Crippen molar-refractivity contribution in [3.8, 4) is 0 Å². The third kappa shape index (κ3) is 4.30. The summed E-state index contributed by atoms with van der Waals surface area (Å²) in [5, 5.41) is 3.89. The SMILES string of the molecule is CS[C@@H]1OC2COC(c3ccccc3)O[C@H]2[C@@H](OC(=O)c2ccccc2)C1N=[N+]=[N-]. The van der Waals surface area contributed by atoms with Gasteiger partial charge in [0.1, 0.15) is 29.8 Å². The number of nitrogens with zero attached hydrogens (tertiary/aromatic N) is 3. The lowest BCUT2D eigenvalue weighted by atomic mass is 9.97. The lowest BCUT2D eigenvalue weighted by Crippen LogP contribution is -2.61. The molecule has 0 bridgehead atoms. The number of rotatable bonds is 5. The first-order valence-corrected chi connectivity index (χ1v) is 10.8. The molecule has 3 unspecified atom stereocenters. The molecule has 0 amide bonds. The summed E-state index contributed by atoms with van der Waals surface area (Å²) in [7, 11) is 0. The monoisotopic (exact) mass is 427 g/mol. The van der Waals surface area contributed by atoms with E-state index in [4.69, 9.17) is 24.5 Å². The van der Waals surface area contributed by atoms with Crippen molar-refractivity contribution in [3.63, 3.8) is 0 Å². The molecule has 0 spiro atoms. The van der Waals surface area contributed by atoms with Crippen LogP contribution in [0.1, 0.15) is 22.2 Å². The van der Waals surface area contributed by atoms with E-state index >= 15 is 0 Å². The number of benzene rings is 2. The molecule has 8 nitrogen and oxygen atoms in total. The maximum atomic E-state index is 12.8. The first-order chi connectivity index (χ1) is 14.7. The molecule has 4 rings (SSSR count). The smallest absolute Gasteiger partial charge is 0.338 e. The van der Waals surface area contributed by atoms with Gasteiger partial charge < -0.3 is 18.9 Å². The second kappa shape index (κ2) is 9.51. The quantitative estimate of drug-likeness (QED) is 0.308. The maximum Gasteiger partial charge on any atom is 0.338 e. The molecular formula is C21H21N3O5S. The van der Waals surface area contributed by atoms with Crippen LogP contribution in [0.15, 0.2) is 65.8 Å². The molecule has 2 aromatic carbocycles. The molecule has 2 aliphatic rings. The van der Waals surface area contributed by atoms with Gasteiger partial charge in [-0.05, 0) is 23.9 Å². The van der Waals surface area contributed by atoms with Crippen molar-refractivity contribution in [2.75, 3.05) is 12.9 Å². The molecule has 0 saturated carbocycles. The van der Waals surface area contributed by atoms with E-state index in [9.17, 15) is 4.79 Å². The Balaban J connectivity index is 1.63. The molecule has 9 heteroatoms.